The lowest BCUT2D eigenvalue weighted by molar-refractivity contribution is 0.0841. The van der Waals surface area contributed by atoms with Crippen molar-refractivity contribution >= 4 is 6.03 Å². The smallest absolute Gasteiger partial charge is 0.317 e. The summed E-state index contributed by atoms with van der Waals surface area (Å²) in [6.45, 7) is 2.25. The fraction of sp³-hybridized carbons (Fsp3) is 0.550. The first-order valence-electron chi connectivity index (χ1n) is 8.98. The fourth-order valence-electron chi connectivity index (χ4n) is 3.99. The highest BCUT2D eigenvalue weighted by molar-refractivity contribution is 5.74. The van der Waals surface area contributed by atoms with Crippen LogP contribution in [-0.2, 0) is 4.74 Å². The Hall–Kier alpha value is -1.81. The van der Waals surface area contributed by atoms with E-state index in [0.29, 0.717) is 12.0 Å². The minimum absolute atomic E-state index is 0.0432. The molecule has 3 rings (SSSR count). The second-order valence-corrected chi connectivity index (χ2v) is 7.06. The highest BCUT2D eigenvalue weighted by Crippen LogP contribution is 2.40. The third-order valence-corrected chi connectivity index (χ3v) is 5.40. The van der Waals surface area contributed by atoms with Gasteiger partial charge in [0.2, 0.25) is 0 Å². The van der Waals surface area contributed by atoms with Crippen LogP contribution in [0, 0.1) is 5.41 Å². The van der Waals surface area contributed by atoms with Gasteiger partial charge in [0.05, 0.1) is 6.10 Å². The minimum atomic E-state index is -0.105. The van der Waals surface area contributed by atoms with E-state index in [2.05, 4.69) is 17.5 Å². The van der Waals surface area contributed by atoms with Crippen LogP contribution in [0.3, 0.4) is 0 Å². The molecule has 0 bridgehead atoms. The van der Waals surface area contributed by atoms with E-state index in [4.69, 9.17) is 4.74 Å². The Morgan fingerprint density at radius 3 is 2.83 bits per heavy atom. The number of urea groups is 1. The number of likely N-dealkylation sites (tertiary alicyclic amines) is 1. The number of allylic oxidation sites excluding steroid dienone is 2. The highest BCUT2D eigenvalue weighted by atomic mass is 16.5. The van der Waals surface area contributed by atoms with Gasteiger partial charge in [-0.3, -0.25) is 0 Å². The van der Waals surface area contributed by atoms with E-state index in [1.165, 1.54) is 12.8 Å². The van der Waals surface area contributed by atoms with E-state index in [-0.39, 0.29) is 12.1 Å². The summed E-state index contributed by atoms with van der Waals surface area (Å²) < 4.78 is 5.54. The summed E-state index contributed by atoms with van der Waals surface area (Å²) in [5, 5.41) is 3.07. The summed E-state index contributed by atoms with van der Waals surface area (Å²) in [6, 6.07) is 10.1. The molecular formula is C20H28N2O2. The zero-order valence-electron chi connectivity index (χ0n) is 14.5. The predicted octanol–water partition coefficient (Wildman–Crippen LogP) is 3.91. The van der Waals surface area contributed by atoms with Crippen LogP contribution in [0.1, 0.15) is 43.8 Å². The number of methoxy groups -OCH3 is 1. The first-order chi connectivity index (χ1) is 11.7. The molecule has 4 heteroatoms. The molecule has 1 aliphatic carbocycles. The average molecular weight is 328 g/mol. The van der Waals surface area contributed by atoms with Crippen LogP contribution in [0.4, 0.5) is 4.79 Å². The summed E-state index contributed by atoms with van der Waals surface area (Å²) in [5.74, 6) is 0. The van der Waals surface area contributed by atoms with Crippen LogP contribution >= 0.6 is 0 Å². The van der Waals surface area contributed by atoms with Crippen molar-refractivity contribution in [3.8, 4) is 0 Å². The second-order valence-electron chi connectivity index (χ2n) is 7.06. The van der Waals surface area contributed by atoms with E-state index in [1.807, 2.05) is 35.2 Å². The Balaban J connectivity index is 1.55. The lowest BCUT2D eigenvalue weighted by Gasteiger charge is -2.43. The molecule has 0 saturated carbocycles. The van der Waals surface area contributed by atoms with Crippen molar-refractivity contribution in [3.05, 3.63) is 48.0 Å². The Labute approximate surface area is 144 Å². The number of carbonyl (C=O) groups is 1. The van der Waals surface area contributed by atoms with Crippen molar-refractivity contribution in [1.29, 1.82) is 0 Å². The lowest BCUT2D eigenvalue weighted by atomic mass is 9.71. The molecule has 2 atom stereocenters. The maximum atomic E-state index is 12.6. The van der Waals surface area contributed by atoms with Gasteiger partial charge in [-0.05, 0) is 43.1 Å². The summed E-state index contributed by atoms with van der Waals surface area (Å²) in [7, 11) is 1.69. The summed E-state index contributed by atoms with van der Waals surface area (Å²) >= 11 is 0. The first-order valence-corrected chi connectivity index (χ1v) is 8.98. The predicted molar refractivity (Wildman–Crippen MR) is 95.8 cm³/mol. The van der Waals surface area contributed by atoms with E-state index in [9.17, 15) is 4.79 Å². The lowest BCUT2D eigenvalue weighted by Crippen LogP contribution is -2.50. The quantitative estimate of drug-likeness (QED) is 0.852. The number of benzene rings is 1. The van der Waals surface area contributed by atoms with Gasteiger partial charge in [0.1, 0.15) is 0 Å². The zero-order chi connectivity index (χ0) is 16.8. The third-order valence-electron chi connectivity index (χ3n) is 5.40. The Bertz CT molecular complexity index is 572. The van der Waals surface area contributed by atoms with Crippen LogP contribution in [0.15, 0.2) is 42.5 Å². The molecule has 24 heavy (non-hydrogen) atoms. The van der Waals surface area contributed by atoms with E-state index < -0.39 is 0 Å². The number of ether oxygens (including phenoxy) is 1. The van der Waals surface area contributed by atoms with Gasteiger partial charge in [-0.2, -0.15) is 0 Å². The molecule has 0 aromatic heterocycles. The number of hydrogen-bond donors (Lipinski definition) is 1. The molecule has 4 nitrogen and oxygen atoms in total. The van der Waals surface area contributed by atoms with Crippen molar-refractivity contribution in [2.75, 3.05) is 26.7 Å². The number of amides is 2. The van der Waals surface area contributed by atoms with Gasteiger partial charge in [0, 0.05) is 26.7 Å². The Kier molecular flexibility index (Phi) is 5.56. The largest absolute Gasteiger partial charge is 0.375 e. The van der Waals surface area contributed by atoms with Crippen LogP contribution in [-0.4, -0.2) is 37.7 Å². The van der Waals surface area contributed by atoms with Gasteiger partial charge in [-0.15, -0.1) is 0 Å². The molecule has 1 aliphatic heterocycles. The summed E-state index contributed by atoms with van der Waals surface area (Å²) in [5.41, 5.74) is 1.40. The van der Waals surface area contributed by atoms with Gasteiger partial charge in [-0.25, -0.2) is 4.79 Å². The monoisotopic (exact) mass is 328 g/mol. The summed E-state index contributed by atoms with van der Waals surface area (Å²) in [4.78, 5) is 14.6. The minimum Gasteiger partial charge on any atom is -0.375 e. The van der Waals surface area contributed by atoms with Crippen LogP contribution in [0.2, 0.25) is 0 Å². The van der Waals surface area contributed by atoms with Crippen molar-refractivity contribution in [3.63, 3.8) is 0 Å². The molecule has 1 spiro atoms. The molecule has 1 N–H and O–H groups in total. The molecule has 1 aromatic carbocycles. The molecule has 0 unspecified atom stereocenters. The molecule has 1 aromatic rings. The Morgan fingerprint density at radius 1 is 1.29 bits per heavy atom. The molecule has 1 heterocycles. The molecule has 1 fully saturated rings. The maximum absolute atomic E-state index is 12.6. The number of nitrogens with zero attached hydrogens (tertiary/aromatic N) is 1. The van der Waals surface area contributed by atoms with E-state index >= 15 is 0 Å². The molecule has 2 aliphatic rings. The normalized spacial score (nSPS) is 24.8. The number of carbonyl (C=O) groups excluding carboxylic acids is 1. The Morgan fingerprint density at radius 2 is 2.12 bits per heavy atom. The second kappa shape index (κ2) is 7.84. The molecule has 1 saturated heterocycles. The van der Waals surface area contributed by atoms with Crippen LogP contribution < -0.4 is 5.32 Å². The SMILES string of the molecule is CO[C@@H](CNC(=O)N1CCC[C@]2(CC=CCC2)C1)c1ccccc1. The average Bonchev–Trinajstić information content (AvgIpc) is 2.63. The topological polar surface area (TPSA) is 41.6 Å². The standard InChI is InChI=1S/C20H28N2O2/c1-24-18(17-9-4-2-5-10-17)15-21-19(23)22-14-8-13-20(16-22)11-6-3-7-12-20/h2-6,9-10,18H,7-8,11-16H2,1H3,(H,21,23)/t18-,20+/m0/s1. The highest BCUT2D eigenvalue weighted by Gasteiger charge is 2.36. The van der Waals surface area contributed by atoms with Gasteiger partial charge in [0.25, 0.3) is 0 Å². The zero-order valence-corrected chi connectivity index (χ0v) is 14.5. The molecule has 130 valence electrons. The first kappa shape index (κ1) is 17.0. The molecular weight excluding hydrogens is 300 g/mol. The third kappa shape index (κ3) is 3.99. The number of hydrogen-bond acceptors (Lipinski definition) is 2. The van der Waals surface area contributed by atoms with E-state index in [1.54, 1.807) is 7.11 Å². The van der Waals surface area contributed by atoms with Crippen molar-refractivity contribution < 1.29 is 9.53 Å². The van der Waals surface area contributed by atoms with Gasteiger partial charge in [0.15, 0.2) is 0 Å². The number of nitrogens with one attached hydrogen (secondary N) is 1. The van der Waals surface area contributed by atoms with Crippen molar-refractivity contribution in [2.24, 2.45) is 5.41 Å². The molecule has 0 radical (unpaired) electrons. The van der Waals surface area contributed by atoms with Crippen LogP contribution in [0.5, 0.6) is 0 Å². The fourth-order valence-corrected chi connectivity index (χ4v) is 3.99. The summed E-state index contributed by atoms with van der Waals surface area (Å²) in [6.07, 6.45) is 10.3. The number of piperidine rings is 1. The van der Waals surface area contributed by atoms with Gasteiger partial charge >= 0.3 is 6.03 Å². The molecule has 2 amide bonds. The van der Waals surface area contributed by atoms with E-state index in [0.717, 1.165) is 37.9 Å². The maximum Gasteiger partial charge on any atom is 0.317 e. The van der Waals surface area contributed by atoms with Crippen LogP contribution in [0.25, 0.3) is 0 Å². The van der Waals surface area contributed by atoms with Crippen molar-refractivity contribution in [1.82, 2.24) is 10.2 Å². The van der Waals surface area contributed by atoms with Gasteiger partial charge < -0.3 is 15.0 Å². The van der Waals surface area contributed by atoms with Crippen molar-refractivity contribution in [2.45, 2.75) is 38.2 Å². The van der Waals surface area contributed by atoms with Gasteiger partial charge in [-0.1, -0.05) is 42.5 Å². The number of rotatable bonds is 4.